The lowest BCUT2D eigenvalue weighted by atomic mass is 10.3. The van der Waals surface area contributed by atoms with Crippen LogP contribution in [0, 0.1) is 6.92 Å². The Bertz CT molecular complexity index is 563. The molecule has 1 aliphatic heterocycles. The second-order valence-corrected chi connectivity index (χ2v) is 7.72. The van der Waals surface area contributed by atoms with Crippen LogP contribution in [0.25, 0.3) is 0 Å². The van der Waals surface area contributed by atoms with Crippen molar-refractivity contribution in [2.45, 2.75) is 12.3 Å². The molecule has 0 saturated carbocycles. The lowest BCUT2D eigenvalue weighted by Crippen LogP contribution is -2.47. The van der Waals surface area contributed by atoms with Gasteiger partial charge in [0.05, 0.1) is 0 Å². The Balaban J connectivity index is 2.44. The number of hydrogen-bond donors (Lipinski definition) is 2. The van der Waals surface area contributed by atoms with Gasteiger partial charge in [0, 0.05) is 29.9 Å². The number of nitrogens with one attached hydrogen (secondary N) is 1. The predicted octanol–water partition coefficient (Wildman–Crippen LogP) is -0.00548. The first kappa shape index (κ1) is 14.4. The molecule has 0 spiro atoms. The van der Waals surface area contributed by atoms with Gasteiger partial charge in [-0.3, -0.25) is 0 Å². The molecular formula is C10H17N5O2S2. The lowest BCUT2D eigenvalue weighted by molar-refractivity contribution is 0.583. The lowest BCUT2D eigenvalue weighted by Gasteiger charge is -2.35. The molecule has 1 atom stereocenters. The maximum atomic E-state index is 11.9. The third-order valence-corrected chi connectivity index (χ3v) is 5.69. The Morgan fingerprint density at radius 3 is 2.89 bits per heavy atom. The zero-order valence-electron chi connectivity index (χ0n) is 10.8. The van der Waals surface area contributed by atoms with Gasteiger partial charge in [-0.2, -0.15) is 11.8 Å². The minimum atomic E-state index is -3.17. The summed E-state index contributed by atoms with van der Waals surface area (Å²) in [5.74, 6) is 7.95. The van der Waals surface area contributed by atoms with Crippen LogP contribution in [0.3, 0.4) is 0 Å². The average molecular weight is 303 g/mol. The number of sulfone groups is 1. The van der Waals surface area contributed by atoms with Gasteiger partial charge in [-0.25, -0.2) is 24.2 Å². The number of nitrogens with two attached hydrogens (primary N) is 1. The summed E-state index contributed by atoms with van der Waals surface area (Å²) in [6.07, 6.45) is 2.65. The molecule has 1 saturated heterocycles. The van der Waals surface area contributed by atoms with Crippen molar-refractivity contribution in [1.82, 2.24) is 9.97 Å². The predicted molar refractivity (Wildman–Crippen MR) is 77.9 cm³/mol. The van der Waals surface area contributed by atoms with E-state index in [9.17, 15) is 8.42 Å². The largest absolute Gasteiger partial charge is 0.338 e. The summed E-state index contributed by atoms with van der Waals surface area (Å²) in [6.45, 7) is 2.47. The Morgan fingerprint density at radius 2 is 2.26 bits per heavy atom. The number of anilines is 2. The molecule has 3 N–H and O–H groups in total. The standard InChI is InChI=1S/C10H17N5O2S2/c1-7-9(14-11)12-6-13-10(7)15-3-4-18-5-8(15)19(2,16)17/h6,8H,3-5,11H2,1-2H3,(H,12,13,14). The molecule has 7 nitrogen and oxygen atoms in total. The second kappa shape index (κ2) is 5.51. The molecule has 2 heterocycles. The van der Waals surface area contributed by atoms with Crippen molar-refractivity contribution in [2.24, 2.45) is 5.84 Å². The molecule has 1 aromatic rings. The summed E-state index contributed by atoms with van der Waals surface area (Å²) in [7, 11) is -3.17. The van der Waals surface area contributed by atoms with E-state index in [0.717, 1.165) is 11.3 Å². The smallest absolute Gasteiger partial charge is 0.169 e. The van der Waals surface area contributed by atoms with Gasteiger partial charge in [0.1, 0.15) is 23.3 Å². The molecule has 106 valence electrons. The van der Waals surface area contributed by atoms with Gasteiger partial charge in [-0.1, -0.05) is 0 Å². The van der Waals surface area contributed by atoms with E-state index in [1.165, 1.54) is 12.6 Å². The molecule has 0 aliphatic carbocycles. The number of hydrogen-bond acceptors (Lipinski definition) is 8. The quantitative estimate of drug-likeness (QED) is 0.594. The molecule has 2 rings (SSSR count). The average Bonchev–Trinajstić information content (AvgIpc) is 2.38. The monoisotopic (exact) mass is 303 g/mol. The Hall–Kier alpha value is -1.06. The number of nitrogens with zero attached hydrogens (tertiary/aromatic N) is 3. The molecule has 0 bridgehead atoms. The number of nitrogen functional groups attached to an aromatic ring is 1. The van der Waals surface area contributed by atoms with E-state index in [-0.39, 0.29) is 0 Å². The van der Waals surface area contributed by atoms with Crippen LogP contribution in [-0.4, -0.2) is 48.1 Å². The minimum absolute atomic E-state index is 0.510. The number of rotatable bonds is 3. The summed E-state index contributed by atoms with van der Waals surface area (Å²) in [4.78, 5) is 10.1. The normalized spacial score (nSPS) is 20.4. The highest BCUT2D eigenvalue weighted by atomic mass is 32.2. The summed E-state index contributed by atoms with van der Waals surface area (Å²) >= 11 is 1.64. The molecule has 1 aliphatic rings. The van der Waals surface area contributed by atoms with Crippen molar-refractivity contribution in [3.8, 4) is 0 Å². The maximum Gasteiger partial charge on any atom is 0.169 e. The summed E-state index contributed by atoms with van der Waals surface area (Å²) < 4.78 is 23.8. The zero-order chi connectivity index (χ0) is 14.0. The van der Waals surface area contributed by atoms with Crippen molar-refractivity contribution < 1.29 is 8.42 Å². The van der Waals surface area contributed by atoms with Crippen LogP contribution in [0.1, 0.15) is 5.56 Å². The van der Waals surface area contributed by atoms with Crippen molar-refractivity contribution in [2.75, 3.05) is 34.6 Å². The molecule has 1 unspecified atom stereocenters. The van der Waals surface area contributed by atoms with E-state index in [1.54, 1.807) is 11.8 Å². The van der Waals surface area contributed by atoms with E-state index >= 15 is 0 Å². The van der Waals surface area contributed by atoms with Gasteiger partial charge in [0.15, 0.2) is 9.84 Å². The number of hydrazine groups is 1. The molecule has 9 heteroatoms. The minimum Gasteiger partial charge on any atom is -0.338 e. The number of thioether (sulfide) groups is 1. The van der Waals surface area contributed by atoms with Crippen LogP contribution in [0.4, 0.5) is 11.6 Å². The van der Waals surface area contributed by atoms with Gasteiger partial charge < -0.3 is 10.3 Å². The maximum absolute atomic E-state index is 11.9. The molecule has 1 aromatic heterocycles. The second-order valence-electron chi connectivity index (χ2n) is 4.37. The fourth-order valence-electron chi connectivity index (χ4n) is 2.05. The molecule has 19 heavy (non-hydrogen) atoms. The highest BCUT2D eigenvalue weighted by Gasteiger charge is 2.33. The van der Waals surface area contributed by atoms with Gasteiger partial charge in [-0.15, -0.1) is 0 Å². The van der Waals surface area contributed by atoms with Crippen molar-refractivity contribution in [3.63, 3.8) is 0 Å². The van der Waals surface area contributed by atoms with Gasteiger partial charge in [0.25, 0.3) is 0 Å². The van der Waals surface area contributed by atoms with E-state index in [0.29, 0.717) is 23.9 Å². The molecule has 0 amide bonds. The topological polar surface area (TPSA) is 101 Å². The van der Waals surface area contributed by atoms with Crippen LogP contribution < -0.4 is 16.2 Å². The molecule has 1 fully saturated rings. The van der Waals surface area contributed by atoms with Crippen LogP contribution >= 0.6 is 11.8 Å². The summed E-state index contributed by atoms with van der Waals surface area (Å²) in [6, 6.07) is 0. The zero-order valence-corrected chi connectivity index (χ0v) is 12.5. The van der Waals surface area contributed by atoms with E-state index in [2.05, 4.69) is 15.4 Å². The van der Waals surface area contributed by atoms with E-state index in [1.807, 2.05) is 11.8 Å². The first-order chi connectivity index (χ1) is 8.95. The van der Waals surface area contributed by atoms with Crippen LogP contribution in [0.2, 0.25) is 0 Å². The fraction of sp³-hybridized carbons (Fsp3) is 0.600. The first-order valence-corrected chi connectivity index (χ1v) is 8.87. The number of aromatic nitrogens is 2. The van der Waals surface area contributed by atoms with Crippen molar-refractivity contribution >= 4 is 33.2 Å². The van der Waals surface area contributed by atoms with Crippen molar-refractivity contribution in [1.29, 1.82) is 0 Å². The SMILES string of the molecule is Cc1c(NN)ncnc1N1CCSCC1S(C)(=O)=O. The van der Waals surface area contributed by atoms with E-state index < -0.39 is 15.2 Å². The van der Waals surface area contributed by atoms with Gasteiger partial charge in [-0.05, 0) is 6.92 Å². The van der Waals surface area contributed by atoms with Crippen LogP contribution in [0.15, 0.2) is 6.33 Å². The summed E-state index contributed by atoms with van der Waals surface area (Å²) in [5, 5.41) is -0.550. The van der Waals surface area contributed by atoms with Gasteiger partial charge in [0.2, 0.25) is 0 Å². The molecular weight excluding hydrogens is 286 g/mol. The van der Waals surface area contributed by atoms with Crippen molar-refractivity contribution in [3.05, 3.63) is 11.9 Å². The highest BCUT2D eigenvalue weighted by Crippen LogP contribution is 2.29. The Morgan fingerprint density at radius 1 is 1.53 bits per heavy atom. The van der Waals surface area contributed by atoms with Crippen LogP contribution in [-0.2, 0) is 9.84 Å². The third-order valence-electron chi connectivity index (χ3n) is 3.05. The Labute approximate surface area is 116 Å². The molecule has 0 aromatic carbocycles. The molecule has 0 radical (unpaired) electrons. The summed E-state index contributed by atoms with van der Waals surface area (Å²) in [5.41, 5.74) is 3.25. The van der Waals surface area contributed by atoms with Crippen LogP contribution in [0.5, 0.6) is 0 Å². The third kappa shape index (κ3) is 2.93. The van der Waals surface area contributed by atoms with Gasteiger partial charge >= 0.3 is 0 Å². The first-order valence-electron chi connectivity index (χ1n) is 5.76. The fourth-order valence-corrected chi connectivity index (χ4v) is 4.87. The van der Waals surface area contributed by atoms with E-state index in [4.69, 9.17) is 5.84 Å². The highest BCUT2D eigenvalue weighted by molar-refractivity contribution is 8.01. The Kier molecular flexibility index (Phi) is 4.16.